The van der Waals surface area contributed by atoms with Crippen molar-refractivity contribution in [1.82, 2.24) is 4.57 Å². The largest absolute Gasteiger partial charge is 0.353 e. The number of hydrogen-bond donors (Lipinski definition) is 1. The summed E-state index contributed by atoms with van der Waals surface area (Å²) in [5.74, 6) is 0. The van der Waals surface area contributed by atoms with Gasteiger partial charge in [-0.05, 0) is 71.7 Å². The van der Waals surface area contributed by atoms with E-state index < -0.39 is 0 Å². The number of nitrogens with one attached hydrogen (secondary N) is 1. The Labute approximate surface area is 278 Å². The molecule has 0 saturated carbocycles. The lowest BCUT2D eigenvalue weighted by atomic mass is 9.59. The summed E-state index contributed by atoms with van der Waals surface area (Å²) in [6.07, 6.45) is 0. The Morgan fingerprint density at radius 1 is 0.553 bits per heavy atom. The van der Waals surface area contributed by atoms with Crippen LogP contribution in [0.3, 0.4) is 0 Å². The number of para-hydroxylation sites is 6. The van der Waals surface area contributed by atoms with Gasteiger partial charge in [-0.15, -0.1) is 0 Å². The average molecular weight is 617 g/mol. The van der Waals surface area contributed by atoms with Crippen LogP contribution in [-0.2, 0) is 0 Å². The molecule has 0 fully saturated rings. The van der Waals surface area contributed by atoms with Gasteiger partial charge in [-0.3, -0.25) is 0 Å². The Morgan fingerprint density at radius 3 is 2.06 bits per heavy atom. The molecule has 0 atom stereocenters. The van der Waals surface area contributed by atoms with Gasteiger partial charge in [0.2, 0.25) is 0 Å². The third-order valence-corrected chi connectivity index (χ3v) is 10.5. The molecular weight excluding hydrogens is 589 g/mol. The molecule has 0 saturated heterocycles. The Bertz CT molecular complexity index is 2470. The van der Waals surface area contributed by atoms with E-state index in [2.05, 4.69) is 180 Å². The molecule has 0 aliphatic carbocycles. The molecule has 3 heterocycles. The van der Waals surface area contributed by atoms with Crippen LogP contribution in [0.1, 0.15) is 0 Å². The SMILES string of the molecule is [B]1c2c(-c3cccc4c3Nc3ccccc3S4)cc(N(c3ccccc3)c3ccccc3)cc2-n2c3ccccc3c3cccc1c32. The normalized spacial score (nSPS) is 12.5. The fraction of sp³-hybridized carbons (Fsp3) is 0. The second-order valence-electron chi connectivity index (χ2n) is 12.1. The van der Waals surface area contributed by atoms with Crippen molar-refractivity contribution in [1.29, 1.82) is 0 Å². The van der Waals surface area contributed by atoms with Crippen molar-refractivity contribution in [3.63, 3.8) is 0 Å². The third-order valence-electron chi connectivity index (χ3n) is 9.38. The van der Waals surface area contributed by atoms with Crippen LogP contribution in [0.25, 0.3) is 38.6 Å². The lowest BCUT2D eigenvalue weighted by Crippen LogP contribution is -2.37. The minimum Gasteiger partial charge on any atom is -0.353 e. The van der Waals surface area contributed by atoms with Gasteiger partial charge in [0.15, 0.2) is 7.28 Å². The molecule has 1 N–H and O–H groups in total. The van der Waals surface area contributed by atoms with Crippen LogP contribution in [0.2, 0.25) is 0 Å². The van der Waals surface area contributed by atoms with Crippen LogP contribution in [0.5, 0.6) is 0 Å². The maximum Gasteiger partial charge on any atom is 0.197 e. The lowest BCUT2D eigenvalue weighted by Gasteiger charge is -2.31. The zero-order valence-electron chi connectivity index (χ0n) is 25.4. The van der Waals surface area contributed by atoms with Gasteiger partial charge in [-0.2, -0.15) is 0 Å². The molecule has 3 nitrogen and oxygen atoms in total. The molecule has 10 rings (SSSR count). The molecule has 219 valence electrons. The fourth-order valence-corrected chi connectivity index (χ4v) is 8.38. The highest BCUT2D eigenvalue weighted by molar-refractivity contribution is 7.99. The van der Waals surface area contributed by atoms with Crippen LogP contribution < -0.4 is 21.1 Å². The van der Waals surface area contributed by atoms with Gasteiger partial charge in [0.25, 0.3) is 0 Å². The van der Waals surface area contributed by atoms with E-state index in [-0.39, 0.29) is 0 Å². The molecule has 7 aromatic carbocycles. The zero-order valence-corrected chi connectivity index (χ0v) is 26.2. The molecule has 2 aliphatic heterocycles. The number of hydrogen-bond acceptors (Lipinski definition) is 3. The number of fused-ring (bicyclic) bond motifs is 7. The van der Waals surface area contributed by atoms with E-state index in [0.717, 1.165) is 28.4 Å². The summed E-state index contributed by atoms with van der Waals surface area (Å²) >= 11 is 1.83. The summed E-state index contributed by atoms with van der Waals surface area (Å²) in [7, 11) is 2.40. The van der Waals surface area contributed by atoms with Gasteiger partial charge in [-0.25, -0.2) is 0 Å². The molecule has 47 heavy (non-hydrogen) atoms. The van der Waals surface area contributed by atoms with E-state index in [4.69, 9.17) is 0 Å². The molecule has 5 heteroatoms. The van der Waals surface area contributed by atoms with Crippen LogP contribution in [-0.4, -0.2) is 11.8 Å². The molecular formula is C42H27BN3S. The molecule has 0 amide bonds. The van der Waals surface area contributed by atoms with Gasteiger partial charge in [0, 0.05) is 54.4 Å². The third kappa shape index (κ3) is 4.10. The summed E-state index contributed by atoms with van der Waals surface area (Å²) < 4.78 is 2.49. The predicted molar refractivity (Wildman–Crippen MR) is 200 cm³/mol. The van der Waals surface area contributed by atoms with E-state index in [0.29, 0.717) is 0 Å². The van der Waals surface area contributed by atoms with E-state index in [1.165, 1.54) is 59.3 Å². The first-order chi connectivity index (χ1) is 23.3. The summed E-state index contributed by atoms with van der Waals surface area (Å²) in [4.78, 5) is 4.85. The highest BCUT2D eigenvalue weighted by Gasteiger charge is 2.29. The smallest absolute Gasteiger partial charge is 0.197 e. The molecule has 0 unspecified atom stereocenters. The lowest BCUT2D eigenvalue weighted by molar-refractivity contribution is 1.18. The van der Waals surface area contributed by atoms with Crippen molar-refractivity contribution in [2.24, 2.45) is 0 Å². The standard InChI is InChI=1S/C42H27BN3S/c1-3-13-27(14-4-1)45(28-15-5-2-6-16-28)29-25-33(31-18-12-24-39-41(31)44-35-21-8-10-23-38(35)47-39)40-37(26-29)46-36-22-9-7-17-30(36)32-19-11-20-34(43-40)42(32)46/h1-26,44H. The number of rotatable bonds is 4. The topological polar surface area (TPSA) is 20.2 Å². The van der Waals surface area contributed by atoms with E-state index in [9.17, 15) is 0 Å². The first kappa shape index (κ1) is 26.6. The van der Waals surface area contributed by atoms with Crippen LogP contribution in [0.4, 0.5) is 28.4 Å². The first-order valence-electron chi connectivity index (χ1n) is 15.9. The minimum absolute atomic E-state index is 1.11. The molecule has 0 bridgehead atoms. The predicted octanol–water partition coefficient (Wildman–Crippen LogP) is 10.1. The molecule has 2 aliphatic rings. The number of aromatic nitrogens is 1. The maximum atomic E-state index is 3.83. The Kier molecular flexibility index (Phi) is 5.90. The quantitative estimate of drug-likeness (QED) is 0.199. The number of anilines is 5. The second kappa shape index (κ2) is 10.4. The van der Waals surface area contributed by atoms with Crippen LogP contribution >= 0.6 is 11.8 Å². The number of benzene rings is 7. The van der Waals surface area contributed by atoms with Gasteiger partial charge in [-0.1, -0.05) is 114 Å². The van der Waals surface area contributed by atoms with Gasteiger partial charge >= 0.3 is 0 Å². The molecule has 0 spiro atoms. The summed E-state index contributed by atoms with van der Waals surface area (Å²) in [6.45, 7) is 0. The van der Waals surface area contributed by atoms with Crippen molar-refractivity contribution in [2.45, 2.75) is 9.79 Å². The Hall–Kier alpha value is -5.65. The first-order valence-corrected chi connectivity index (χ1v) is 16.8. The Balaban J connectivity index is 1.30. The highest BCUT2D eigenvalue weighted by Crippen LogP contribution is 2.49. The van der Waals surface area contributed by atoms with Crippen LogP contribution in [0.15, 0.2) is 168 Å². The average Bonchev–Trinajstić information content (AvgIpc) is 3.47. The summed E-state index contributed by atoms with van der Waals surface area (Å²) in [5.41, 5.74) is 14.1. The second-order valence-corrected chi connectivity index (χ2v) is 13.2. The molecule has 1 radical (unpaired) electrons. The van der Waals surface area contributed by atoms with Gasteiger partial charge < -0.3 is 14.8 Å². The van der Waals surface area contributed by atoms with Crippen molar-refractivity contribution in [3.05, 3.63) is 158 Å². The molecule has 1 aromatic heterocycles. The number of nitrogens with zero attached hydrogens (tertiary/aromatic N) is 2. The zero-order chi connectivity index (χ0) is 30.9. The summed E-state index contributed by atoms with van der Waals surface area (Å²) in [5, 5.41) is 6.38. The van der Waals surface area contributed by atoms with Crippen molar-refractivity contribution < 1.29 is 0 Å². The van der Waals surface area contributed by atoms with Gasteiger partial charge in [0.1, 0.15) is 0 Å². The summed E-state index contributed by atoms with van der Waals surface area (Å²) in [6, 6.07) is 56.9. The van der Waals surface area contributed by atoms with Crippen molar-refractivity contribution >= 4 is 80.2 Å². The monoisotopic (exact) mass is 616 g/mol. The van der Waals surface area contributed by atoms with Crippen LogP contribution in [0, 0.1) is 0 Å². The Morgan fingerprint density at radius 2 is 1.23 bits per heavy atom. The van der Waals surface area contributed by atoms with E-state index in [1.54, 1.807) is 0 Å². The van der Waals surface area contributed by atoms with E-state index >= 15 is 0 Å². The minimum atomic E-state index is 1.11. The van der Waals surface area contributed by atoms with E-state index in [1.807, 2.05) is 11.8 Å². The molecule has 8 aromatic rings. The fourth-order valence-electron chi connectivity index (χ4n) is 7.36. The maximum absolute atomic E-state index is 3.83. The van der Waals surface area contributed by atoms with Crippen molar-refractivity contribution in [2.75, 3.05) is 10.2 Å². The van der Waals surface area contributed by atoms with Crippen molar-refractivity contribution in [3.8, 4) is 16.8 Å². The van der Waals surface area contributed by atoms with Gasteiger partial charge in [0.05, 0.1) is 16.9 Å². The highest BCUT2D eigenvalue weighted by atomic mass is 32.2.